The molecule has 0 radical (unpaired) electrons. The van der Waals surface area contributed by atoms with Crippen LogP contribution >= 0.6 is 0 Å². The number of nitrogens with one attached hydrogen (secondary N) is 1. The van der Waals surface area contributed by atoms with Crippen molar-refractivity contribution in [1.29, 1.82) is 0 Å². The maximum Gasteiger partial charge on any atom is 0.416 e. The second-order valence-corrected chi connectivity index (χ2v) is 8.13. The van der Waals surface area contributed by atoms with Crippen LogP contribution < -0.4 is 4.74 Å². The Morgan fingerprint density at radius 3 is 2.58 bits per heavy atom. The molecule has 7 heteroatoms. The minimum atomic E-state index is -4.39. The van der Waals surface area contributed by atoms with Crippen LogP contribution in [-0.4, -0.2) is 16.1 Å². The van der Waals surface area contributed by atoms with Crippen molar-refractivity contribution in [2.75, 3.05) is 0 Å². The number of carboxylic acid groups (broad SMARTS) is 1. The Labute approximate surface area is 178 Å². The Morgan fingerprint density at radius 2 is 1.87 bits per heavy atom. The van der Waals surface area contributed by atoms with E-state index in [4.69, 9.17) is 9.84 Å². The highest BCUT2D eigenvalue weighted by atomic mass is 19.4. The Morgan fingerprint density at radius 1 is 1.10 bits per heavy atom. The number of H-pyrrole nitrogens is 1. The van der Waals surface area contributed by atoms with E-state index in [9.17, 15) is 18.0 Å². The number of rotatable bonds is 7. The normalized spacial score (nSPS) is 14.9. The van der Waals surface area contributed by atoms with Gasteiger partial charge in [-0.15, -0.1) is 0 Å². The van der Waals surface area contributed by atoms with Gasteiger partial charge in [-0.2, -0.15) is 13.2 Å². The first-order chi connectivity index (χ1) is 14.8. The molecule has 4 rings (SSSR count). The van der Waals surface area contributed by atoms with Crippen molar-refractivity contribution in [3.63, 3.8) is 0 Å². The Kier molecular flexibility index (Phi) is 5.94. The van der Waals surface area contributed by atoms with Crippen LogP contribution in [0.5, 0.6) is 5.75 Å². The number of carboxylic acids is 1. The summed E-state index contributed by atoms with van der Waals surface area (Å²) in [7, 11) is 0. The van der Waals surface area contributed by atoms with Crippen LogP contribution in [0.4, 0.5) is 13.2 Å². The zero-order valence-corrected chi connectivity index (χ0v) is 17.0. The summed E-state index contributed by atoms with van der Waals surface area (Å²) in [5.41, 5.74) is 1.93. The van der Waals surface area contributed by atoms with Gasteiger partial charge in [0, 0.05) is 17.3 Å². The van der Waals surface area contributed by atoms with Gasteiger partial charge in [0.1, 0.15) is 12.4 Å². The molecule has 1 aliphatic rings. The van der Waals surface area contributed by atoms with E-state index in [1.807, 2.05) is 12.1 Å². The molecule has 0 aliphatic heterocycles. The average Bonchev–Trinajstić information content (AvgIpc) is 3.39. The summed E-state index contributed by atoms with van der Waals surface area (Å²) in [5, 5.41) is 9.74. The molecule has 1 aromatic heterocycles. The molecule has 0 amide bonds. The number of hydrogen-bond donors (Lipinski definition) is 2. The quantitative estimate of drug-likeness (QED) is 0.452. The van der Waals surface area contributed by atoms with Crippen molar-refractivity contribution in [3.05, 3.63) is 64.8 Å². The number of aromatic nitrogens is 1. The van der Waals surface area contributed by atoms with Gasteiger partial charge in [-0.1, -0.05) is 25.0 Å². The Hall–Kier alpha value is -2.96. The largest absolute Gasteiger partial charge is 0.489 e. The Bertz CT molecular complexity index is 1080. The van der Waals surface area contributed by atoms with Crippen LogP contribution in [0.1, 0.15) is 60.4 Å². The van der Waals surface area contributed by atoms with E-state index < -0.39 is 17.7 Å². The minimum Gasteiger partial charge on any atom is -0.489 e. The zero-order chi connectivity index (χ0) is 22.0. The van der Waals surface area contributed by atoms with E-state index in [0.29, 0.717) is 23.3 Å². The van der Waals surface area contributed by atoms with Gasteiger partial charge in [0.2, 0.25) is 0 Å². The van der Waals surface area contributed by atoms with Gasteiger partial charge >= 0.3 is 12.1 Å². The monoisotopic (exact) mass is 431 g/mol. The molecule has 1 aliphatic carbocycles. The number of aryl methyl sites for hydroxylation is 1. The fourth-order valence-electron chi connectivity index (χ4n) is 4.33. The lowest BCUT2D eigenvalue weighted by Gasteiger charge is -2.19. The molecule has 4 nitrogen and oxygen atoms in total. The van der Waals surface area contributed by atoms with Gasteiger partial charge < -0.3 is 14.8 Å². The van der Waals surface area contributed by atoms with Gasteiger partial charge in [-0.3, -0.25) is 4.79 Å². The van der Waals surface area contributed by atoms with Gasteiger partial charge in [-0.05, 0) is 66.0 Å². The third-order valence-corrected chi connectivity index (χ3v) is 5.88. The number of halogens is 3. The third kappa shape index (κ3) is 5.03. The number of hydrogen-bond acceptors (Lipinski definition) is 2. The third-order valence-electron chi connectivity index (χ3n) is 5.88. The lowest BCUT2D eigenvalue weighted by Crippen LogP contribution is -2.12. The smallest absolute Gasteiger partial charge is 0.416 e. The van der Waals surface area contributed by atoms with Crippen molar-refractivity contribution in [1.82, 2.24) is 4.98 Å². The van der Waals surface area contributed by atoms with Crippen LogP contribution in [0.25, 0.3) is 10.9 Å². The van der Waals surface area contributed by atoms with Crippen LogP contribution in [0.15, 0.2) is 42.5 Å². The molecular weight excluding hydrogens is 407 g/mol. The zero-order valence-electron chi connectivity index (χ0n) is 17.0. The van der Waals surface area contributed by atoms with E-state index in [2.05, 4.69) is 4.98 Å². The second kappa shape index (κ2) is 8.65. The predicted octanol–water partition coefficient (Wildman–Crippen LogP) is 6.44. The van der Waals surface area contributed by atoms with Crippen LogP contribution in [0.3, 0.4) is 0 Å². The molecule has 1 heterocycles. The summed E-state index contributed by atoms with van der Waals surface area (Å²) in [5.74, 6) is -0.343. The fourth-order valence-corrected chi connectivity index (χ4v) is 4.33. The SMILES string of the molecule is O=C(O)CCc1cc2ccc(OCc3ccc(C4CCCC4)c(C(F)(F)F)c3)cc2[nH]1. The van der Waals surface area contributed by atoms with E-state index in [1.54, 1.807) is 24.3 Å². The molecule has 0 bridgehead atoms. The van der Waals surface area contributed by atoms with Crippen LogP contribution in [0, 0.1) is 0 Å². The summed E-state index contributed by atoms with van der Waals surface area (Å²) >= 11 is 0. The van der Waals surface area contributed by atoms with Crippen molar-refractivity contribution < 1.29 is 27.8 Å². The number of aliphatic carboxylic acids is 1. The van der Waals surface area contributed by atoms with Gasteiger partial charge in [0.25, 0.3) is 0 Å². The first-order valence-electron chi connectivity index (χ1n) is 10.5. The molecule has 2 N–H and O–H groups in total. The van der Waals surface area contributed by atoms with Gasteiger partial charge in [0.15, 0.2) is 0 Å². The number of alkyl halides is 3. The van der Waals surface area contributed by atoms with E-state index in [1.165, 1.54) is 6.07 Å². The molecule has 0 unspecified atom stereocenters. The first-order valence-corrected chi connectivity index (χ1v) is 10.5. The van der Waals surface area contributed by atoms with E-state index in [0.717, 1.165) is 42.3 Å². The topological polar surface area (TPSA) is 62.3 Å². The molecule has 0 saturated heterocycles. The highest BCUT2D eigenvalue weighted by Crippen LogP contribution is 2.42. The van der Waals surface area contributed by atoms with Crippen molar-refractivity contribution in [3.8, 4) is 5.75 Å². The van der Waals surface area contributed by atoms with Crippen molar-refractivity contribution in [2.45, 2.75) is 57.2 Å². The fraction of sp³-hybridized carbons (Fsp3) is 0.375. The minimum absolute atomic E-state index is 0.0165. The molecule has 1 fully saturated rings. The summed E-state index contributed by atoms with van der Waals surface area (Å²) < 4.78 is 46.7. The molecule has 0 atom stereocenters. The molecule has 1 saturated carbocycles. The van der Waals surface area contributed by atoms with Crippen LogP contribution in [-0.2, 0) is 24.0 Å². The number of aromatic amines is 1. The summed E-state index contributed by atoms with van der Waals surface area (Å²) in [6.07, 6.45) is -0.378. The molecule has 2 aromatic carbocycles. The standard InChI is InChI=1S/C24H24F3NO3/c25-24(26,27)21-11-15(5-9-20(21)16-3-1-2-4-16)14-31-19-8-6-17-12-18(7-10-23(29)30)28-22(17)13-19/h5-6,8-9,11-13,16,28H,1-4,7,10,14H2,(H,29,30). The van der Waals surface area contributed by atoms with Crippen molar-refractivity contribution in [2.24, 2.45) is 0 Å². The number of benzene rings is 2. The lowest BCUT2D eigenvalue weighted by molar-refractivity contribution is -0.138. The van der Waals surface area contributed by atoms with Gasteiger partial charge in [0.05, 0.1) is 12.0 Å². The number of ether oxygens (including phenoxy) is 1. The molecule has 0 spiro atoms. The number of carbonyl (C=O) groups is 1. The second-order valence-electron chi connectivity index (χ2n) is 8.13. The highest BCUT2D eigenvalue weighted by Gasteiger charge is 2.36. The maximum atomic E-state index is 13.7. The summed E-state index contributed by atoms with van der Waals surface area (Å²) in [4.78, 5) is 13.9. The summed E-state index contributed by atoms with van der Waals surface area (Å²) in [6.45, 7) is 0.0338. The molecule has 164 valence electrons. The maximum absolute atomic E-state index is 13.7. The molecular formula is C24H24F3NO3. The molecule has 3 aromatic rings. The van der Waals surface area contributed by atoms with Crippen molar-refractivity contribution >= 4 is 16.9 Å². The number of fused-ring (bicyclic) bond motifs is 1. The molecule has 31 heavy (non-hydrogen) atoms. The predicted molar refractivity (Wildman–Crippen MR) is 111 cm³/mol. The van der Waals surface area contributed by atoms with E-state index >= 15 is 0 Å². The van der Waals surface area contributed by atoms with Gasteiger partial charge in [-0.25, -0.2) is 0 Å². The van der Waals surface area contributed by atoms with E-state index in [-0.39, 0.29) is 18.9 Å². The Balaban J connectivity index is 1.49. The highest BCUT2D eigenvalue weighted by molar-refractivity contribution is 5.82. The average molecular weight is 431 g/mol. The first kappa shape index (κ1) is 21.3. The lowest BCUT2D eigenvalue weighted by atomic mass is 9.91. The summed E-state index contributed by atoms with van der Waals surface area (Å²) in [6, 6.07) is 11.8. The van der Waals surface area contributed by atoms with Crippen LogP contribution in [0.2, 0.25) is 0 Å².